The van der Waals surface area contributed by atoms with Crippen molar-refractivity contribution in [1.29, 1.82) is 0 Å². The zero-order chi connectivity index (χ0) is 12.5. The summed E-state index contributed by atoms with van der Waals surface area (Å²) < 4.78 is 0. The van der Waals surface area contributed by atoms with Crippen LogP contribution in [0, 0.1) is 5.92 Å². The molecule has 0 N–H and O–H groups in total. The zero-order valence-corrected chi connectivity index (χ0v) is 12.4. The van der Waals surface area contributed by atoms with Gasteiger partial charge >= 0.3 is 0 Å². The Labute approximate surface area is 107 Å². The van der Waals surface area contributed by atoms with Crippen LogP contribution in [-0.2, 0) is 0 Å². The molecule has 2 rings (SSSR count). The van der Waals surface area contributed by atoms with Crippen molar-refractivity contribution in [3.8, 4) is 0 Å². The third kappa shape index (κ3) is 3.07. The van der Waals surface area contributed by atoms with E-state index in [1.165, 1.54) is 24.7 Å². The molecular formula is C15H24NP. The normalized spacial score (nSPS) is 27.1. The fraction of sp³-hybridized carbons (Fsp3) is 0.667. The van der Waals surface area contributed by atoms with Gasteiger partial charge in [0.2, 0.25) is 0 Å². The van der Waals surface area contributed by atoms with E-state index in [1.54, 1.807) is 0 Å². The SMILES string of the molecule is CC1CC[C@@H](P(c2ccccn2)C(C)(C)C)C1. The van der Waals surface area contributed by atoms with E-state index in [9.17, 15) is 0 Å². The molecule has 3 atom stereocenters. The Balaban J connectivity index is 2.27. The summed E-state index contributed by atoms with van der Waals surface area (Å²) in [6.07, 6.45) is 6.17. The van der Waals surface area contributed by atoms with Crippen LogP contribution in [0.15, 0.2) is 24.4 Å². The van der Waals surface area contributed by atoms with Crippen LogP contribution < -0.4 is 5.44 Å². The van der Waals surface area contributed by atoms with Gasteiger partial charge in [-0.15, -0.1) is 0 Å². The van der Waals surface area contributed by atoms with Crippen LogP contribution in [0.1, 0.15) is 47.0 Å². The topological polar surface area (TPSA) is 12.9 Å². The first-order valence-corrected chi connectivity index (χ1v) is 8.10. The molecule has 0 radical (unpaired) electrons. The maximum Gasteiger partial charge on any atom is 0.0638 e. The van der Waals surface area contributed by atoms with E-state index in [1.807, 2.05) is 12.3 Å². The van der Waals surface area contributed by atoms with Gasteiger partial charge in [-0.3, -0.25) is 4.98 Å². The molecule has 2 heteroatoms. The standard InChI is InChI=1S/C15H24NP/c1-12-8-9-13(11-12)17(15(2,3)4)14-7-5-6-10-16-14/h5-7,10,12-13H,8-9,11H2,1-4H3/t12?,13-,17?/m1/s1. The Bertz CT molecular complexity index is 355. The number of rotatable bonds is 2. The largest absolute Gasteiger partial charge is 0.257 e. The van der Waals surface area contributed by atoms with E-state index in [2.05, 4.69) is 44.8 Å². The number of nitrogens with zero attached hydrogens (tertiary/aromatic N) is 1. The molecule has 0 saturated heterocycles. The zero-order valence-electron chi connectivity index (χ0n) is 11.5. The van der Waals surface area contributed by atoms with Crippen LogP contribution >= 0.6 is 7.92 Å². The smallest absolute Gasteiger partial charge is 0.0638 e. The lowest BCUT2D eigenvalue weighted by molar-refractivity contribution is 0.612. The van der Waals surface area contributed by atoms with Crippen LogP contribution in [0.25, 0.3) is 0 Å². The molecule has 1 aromatic heterocycles. The molecule has 1 aliphatic carbocycles. The number of hydrogen-bond donors (Lipinski definition) is 0. The lowest BCUT2D eigenvalue weighted by Crippen LogP contribution is -2.27. The molecule has 1 nitrogen and oxygen atoms in total. The Morgan fingerprint density at radius 3 is 2.47 bits per heavy atom. The Hall–Kier alpha value is -0.420. The minimum absolute atomic E-state index is 0.136. The van der Waals surface area contributed by atoms with Crippen molar-refractivity contribution < 1.29 is 0 Å². The summed E-state index contributed by atoms with van der Waals surface area (Å²) in [4.78, 5) is 4.64. The van der Waals surface area contributed by atoms with Crippen molar-refractivity contribution >= 4 is 13.4 Å². The Morgan fingerprint density at radius 2 is 2.00 bits per heavy atom. The van der Waals surface area contributed by atoms with Crippen LogP contribution in [0.5, 0.6) is 0 Å². The molecule has 94 valence electrons. The van der Waals surface area contributed by atoms with Gasteiger partial charge in [0.25, 0.3) is 0 Å². The van der Waals surface area contributed by atoms with Crippen molar-refractivity contribution in [3.05, 3.63) is 24.4 Å². The van der Waals surface area contributed by atoms with Gasteiger partial charge in [-0.25, -0.2) is 0 Å². The first-order chi connectivity index (χ1) is 7.98. The molecule has 0 aromatic carbocycles. The Kier molecular flexibility index (Phi) is 3.88. The van der Waals surface area contributed by atoms with Crippen molar-refractivity contribution in [2.24, 2.45) is 5.92 Å². The van der Waals surface area contributed by atoms with E-state index < -0.39 is 0 Å². The van der Waals surface area contributed by atoms with Gasteiger partial charge in [-0.05, 0) is 49.6 Å². The van der Waals surface area contributed by atoms with Gasteiger partial charge in [0.05, 0.1) is 5.44 Å². The molecule has 1 heterocycles. The highest BCUT2D eigenvalue weighted by Gasteiger charge is 2.37. The summed E-state index contributed by atoms with van der Waals surface area (Å²) in [7, 11) is -0.136. The molecule has 0 spiro atoms. The van der Waals surface area contributed by atoms with Gasteiger partial charge in [0.1, 0.15) is 0 Å². The third-order valence-electron chi connectivity index (χ3n) is 3.65. The third-order valence-corrected chi connectivity index (χ3v) is 7.05. The lowest BCUT2D eigenvalue weighted by Gasteiger charge is -2.35. The summed E-state index contributed by atoms with van der Waals surface area (Å²) >= 11 is 0. The molecule has 0 aliphatic heterocycles. The summed E-state index contributed by atoms with van der Waals surface area (Å²) in [5.74, 6) is 0.913. The summed E-state index contributed by atoms with van der Waals surface area (Å²) in [6.45, 7) is 9.55. The van der Waals surface area contributed by atoms with Crippen LogP contribution in [0.4, 0.5) is 0 Å². The molecule has 1 aromatic rings. The highest BCUT2D eigenvalue weighted by Crippen LogP contribution is 2.57. The highest BCUT2D eigenvalue weighted by atomic mass is 31.1. The number of pyridine rings is 1. The summed E-state index contributed by atoms with van der Waals surface area (Å²) in [5.41, 5.74) is 2.24. The second kappa shape index (κ2) is 5.06. The number of hydrogen-bond acceptors (Lipinski definition) is 1. The number of aromatic nitrogens is 1. The van der Waals surface area contributed by atoms with E-state index in [0.29, 0.717) is 5.16 Å². The predicted octanol–water partition coefficient (Wildman–Crippen LogP) is 4.18. The molecule has 0 bridgehead atoms. The molecule has 0 amide bonds. The first-order valence-electron chi connectivity index (χ1n) is 6.69. The average molecular weight is 249 g/mol. The molecule has 1 fully saturated rings. The molecule has 2 unspecified atom stereocenters. The minimum atomic E-state index is -0.136. The fourth-order valence-corrected chi connectivity index (χ4v) is 6.56. The molecule has 1 aliphatic rings. The lowest BCUT2D eigenvalue weighted by atomic mass is 10.1. The van der Waals surface area contributed by atoms with Crippen LogP contribution in [-0.4, -0.2) is 15.8 Å². The van der Waals surface area contributed by atoms with Gasteiger partial charge in [0.15, 0.2) is 0 Å². The second-order valence-corrected chi connectivity index (χ2v) is 9.57. The van der Waals surface area contributed by atoms with Gasteiger partial charge in [-0.2, -0.15) is 0 Å². The average Bonchev–Trinajstić information content (AvgIpc) is 2.64. The quantitative estimate of drug-likeness (QED) is 0.717. The summed E-state index contributed by atoms with van der Waals surface area (Å²) in [6, 6.07) is 6.40. The van der Waals surface area contributed by atoms with E-state index >= 15 is 0 Å². The molecular weight excluding hydrogens is 225 g/mol. The van der Waals surface area contributed by atoms with Gasteiger partial charge < -0.3 is 0 Å². The monoisotopic (exact) mass is 249 g/mol. The Morgan fingerprint density at radius 1 is 1.24 bits per heavy atom. The second-order valence-electron chi connectivity index (χ2n) is 6.30. The maximum absolute atomic E-state index is 4.64. The van der Waals surface area contributed by atoms with Crippen molar-refractivity contribution in [2.75, 3.05) is 0 Å². The van der Waals surface area contributed by atoms with E-state index in [-0.39, 0.29) is 7.92 Å². The van der Waals surface area contributed by atoms with Crippen molar-refractivity contribution in [1.82, 2.24) is 4.98 Å². The summed E-state index contributed by atoms with van der Waals surface area (Å²) in [5, 5.41) is 0.373. The highest BCUT2D eigenvalue weighted by molar-refractivity contribution is 7.67. The van der Waals surface area contributed by atoms with E-state index in [0.717, 1.165) is 11.6 Å². The van der Waals surface area contributed by atoms with Gasteiger partial charge in [-0.1, -0.05) is 40.2 Å². The molecule has 1 saturated carbocycles. The predicted molar refractivity (Wildman–Crippen MR) is 77.3 cm³/mol. The van der Waals surface area contributed by atoms with Crippen LogP contribution in [0.2, 0.25) is 0 Å². The van der Waals surface area contributed by atoms with Crippen molar-refractivity contribution in [2.45, 2.75) is 57.8 Å². The van der Waals surface area contributed by atoms with Crippen LogP contribution in [0.3, 0.4) is 0 Å². The first kappa shape index (κ1) is 13.0. The maximum atomic E-state index is 4.64. The van der Waals surface area contributed by atoms with Gasteiger partial charge in [0, 0.05) is 6.20 Å². The van der Waals surface area contributed by atoms with E-state index in [4.69, 9.17) is 0 Å². The van der Waals surface area contributed by atoms with Crippen molar-refractivity contribution in [3.63, 3.8) is 0 Å². The fourth-order valence-electron chi connectivity index (χ4n) is 2.99. The molecule has 17 heavy (non-hydrogen) atoms. The minimum Gasteiger partial charge on any atom is -0.257 e.